The Balaban J connectivity index is 1.94. The van der Waals surface area contributed by atoms with Gasteiger partial charge in [-0.25, -0.2) is 9.59 Å². The third-order valence-electron chi connectivity index (χ3n) is 5.46. The van der Waals surface area contributed by atoms with E-state index in [1.165, 1.54) is 4.90 Å². The summed E-state index contributed by atoms with van der Waals surface area (Å²) in [5.74, 6) is -1.22. The van der Waals surface area contributed by atoms with E-state index >= 15 is 0 Å². The highest BCUT2D eigenvalue weighted by Crippen LogP contribution is 2.36. The van der Waals surface area contributed by atoms with Gasteiger partial charge in [0, 0.05) is 13.1 Å². The van der Waals surface area contributed by atoms with Gasteiger partial charge in [0.2, 0.25) is 6.10 Å². The van der Waals surface area contributed by atoms with E-state index in [1.807, 2.05) is 72.8 Å². The molecule has 2 aromatic carbocycles. The maximum absolute atomic E-state index is 12.4. The third-order valence-corrected chi connectivity index (χ3v) is 10.5. The first-order valence-electron chi connectivity index (χ1n) is 10.3. The smallest absolute Gasteiger partial charge is 0.411 e. The molecular weight excluding hydrogens is 410 g/mol. The van der Waals surface area contributed by atoms with Crippen LogP contribution in [0, 0.1) is 0 Å². The van der Waals surface area contributed by atoms with Crippen molar-refractivity contribution in [2.75, 3.05) is 19.7 Å². The highest BCUT2D eigenvalue weighted by molar-refractivity contribution is 6.99. The van der Waals surface area contributed by atoms with Gasteiger partial charge in [-0.2, -0.15) is 0 Å². The zero-order valence-corrected chi connectivity index (χ0v) is 19.2. The zero-order valence-electron chi connectivity index (χ0n) is 18.2. The Kier molecular flexibility index (Phi) is 6.97. The summed E-state index contributed by atoms with van der Waals surface area (Å²) in [6.45, 7) is 6.93. The van der Waals surface area contributed by atoms with Crippen molar-refractivity contribution in [1.29, 1.82) is 0 Å². The first kappa shape index (κ1) is 22.8. The van der Waals surface area contributed by atoms with E-state index in [4.69, 9.17) is 9.16 Å². The van der Waals surface area contributed by atoms with Crippen LogP contribution in [0.15, 0.2) is 72.8 Å². The van der Waals surface area contributed by atoms with E-state index in [-0.39, 0.29) is 11.6 Å². The lowest BCUT2D eigenvalue weighted by Crippen LogP contribution is -2.67. The highest BCUT2D eigenvalue weighted by Gasteiger charge is 2.50. The fraction of sp³-hybridized carbons (Fsp3) is 0.333. The molecule has 1 heterocycles. The second-order valence-electron chi connectivity index (χ2n) is 8.56. The van der Waals surface area contributed by atoms with Crippen LogP contribution in [-0.4, -0.2) is 56.2 Å². The van der Waals surface area contributed by atoms with Gasteiger partial charge in [0.05, 0.1) is 6.61 Å². The summed E-state index contributed by atoms with van der Waals surface area (Å²) in [5.41, 5.74) is 0. The molecule has 1 amide bonds. The Bertz CT molecular complexity index is 876. The number of nitrogens with zero attached hydrogens (tertiary/aromatic N) is 1. The minimum absolute atomic E-state index is 0.227. The largest absolute Gasteiger partial charge is 0.478 e. The summed E-state index contributed by atoms with van der Waals surface area (Å²) >= 11 is 0. The molecule has 7 heteroatoms. The molecule has 1 atom stereocenters. The van der Waals surface area contributed by atoms with Crippen molar-refractivity contribution >= 4 is 30.8 Å². The van der Waals surface area contributed by atoms with Crippen molar-refractivity contribution in [3.8, 4) is 0 Å². The lowest BCUT2D eigenvalue weighted by Gasteiger charge is -2.43. The molecule has 0 saturated heterocycles. The van der Waals surface area contributed by atoms with E-state index < -0.39 is 26.5 Å². The topological polar surface area (TPSA) is 76.1 Å². The lowest BCUT2D eigenvalue weighted by molar-refractivity contribution is -0.149. The van der Waals surface area contributed by atoms with E-state index in [2.05, 4.69) is 20.8 Å². The second-order valence-corrected chi connectivity index (χ2v) is 12.9. The number of hydrogen-bond acceptors (Lipinski definition) is 4. The second kappa shape index (κ2) is 9.49. The summed E-state index contributed by atoms with van der Waals surface area (Å²) in [4.78, 5) is 25.7. The van der Waals surface area contributed by atoms with Crippen LogP contribution < -0.4 is 10.4 Å². The summed E-state index contributed by atoms with van der Waals surface area (Å²) in [5, 5.41) is 11.5. The SMILES string of the molecule is CC(C)(C)[Si](OC[C@H](OC(=O)N1CC=CC1)C(=O)O)(c1ccccc1)c1ccccc1. The summed E-state index contributed by atoms with van der Waals surface area (Å²) < 4.78 is 11.9. The number of carboxylic acids is 1. The number of carboxylic acid groups (broad SMARTS) is 1. The third kappa shape index (κ3) is 4.89. The first-order valence-corrected chi connectivity index (χ1v) is 12.2. The molecule has 164 valence electrons. The molecule has 0 spiro atoms. The van der Waals surface area contributed by atoms with Crippen LogP contribution in [0.25, 0.3) is 0 Å². The Labute approximate surface area is 184 Å². The van der Waals surface area contributed by atoms with Gasteiger partial charge in [-0.15, -0.1) is 0 Å². The maximum atomic E-state index is 12.4. The van der Waals surface area contributed by atoms with Gasteiger partial charge in [-0.05, 0) is 15.4 Å². The normalized spacial score (nSPS) is 15.0. The predicted molar refractivity (Wildman–Crippen MR) is 122 cm³/mol. The van der Waals surface area contributed by atoms with Gasteiger partial charge in [0.1, 0.15) is 0 Å². The van der Waals surface area contributed by atoms with Crippen molar-refractivity contribution in [3.05, 3.63) is 72.8 Å². The molecular formula is C24H29NO5Si. The van der Waals surface area contributed by atoms with E-state index in [1.54, 1.807) is 0 Å². The van der Waals surface area contributed by atoms with Crippen LogP contribution in [0.4, 0.5) is 4.79 Å². The number of hydrogen-bond donors (Lipinski definition) is 1. The Morgan fingerprint density at radius 3 is 1.87 bits per heavy atom. The molecule has 31 heavy (non-hydrogen) atoms. The van der Waals surface area contributed by atoms with E-state index in [0.717, 1.165) is 10.4 Å². The first-order chi connectivity index (χ1) is 14.8. The number of benzene rings is 2. The quantitative estimate of drug-likeness (QED) is 0.530. The van der Waals surface area contributed by atoms with E-state index in [0.29, 0.717) is 13.1 Å². The number of ether oxygens (including phenoxy) is 1. The molecule has 3 rings (SSSR count). The monoisotopic (exact) mass is 439 g/mol. The molecule has 1 N–H and O–H groups in total. The Morgan fingerprint density at radius 1 is 0.968 bits per heavy atom. The molecule has 0 saturated carbocycles. The van der Waals surface area contributed by atoms with Crippen LogP contribution in [0.1, 0.15) is 20.8 Å². The average Bonchev–Trinajstić information content (AvgIpc) is 3.29. The Hall–Kier alpha value is -2.90. The van der Waals surface area contributed by atoms with Crippen LogP contribution in [-0.2, 0) is 14.0 Å². The summed E-state index contributed by atoms with van der Waals surface area (Å²) in [7, 11) is -2.92. The summed E-state index contributed by atoms with van der Waals surface area (Å²) in [6.07, 6.45) is 1.64. The van der Waals surface area contributed by atoms with Crippen LogP contribution >= 0.6 is 0 Å². The molecule has 0 aliphatic carbocycles. The molecule has 2 aromatic rings. The van der Waals surface area contributed by atoms with Crippen LogP contribution in [0.3, 0.4) is 0 Å². The number of rotatable bonds is 7. The van der Waals surface area contributed by atoms with Gasteiger partial charge >= 0.3 is 12.1 Å². The number of amides is 1. The standard InChI is InChI=1S/C24H29NO5Si/c1-24(2,3)31(19-12-6-4-7-13-19,20-14-8-5-9-15-20)29-18-21(22(26)27)30-23(28)25-16-10-11-17-25/h4-15,21H,16-18H2,1-3H3,(H,26,27)/t21-/m0/s1. The average molecular weight is 440 g/mol. The predicted octanol–water partition coefficient (Wildman–Crippen LogP) is 3.02. The van der Waals surface area contributed by atoms with Crippen LogP contribution in [0.2, 0.25) is 5.04 Å². The van der Waals surface area contributed by atoms with Gasteiger partial charge in [-0.1, -0.05) is 93.6 Å². The minimum Gasteiger partial charge on any atom is -0.478 e. The molecule has 0 aromatic heterocycles. The van der Waals surface area contributed by atoms with Gasteiger partial charge < -0.3 is 19.2 Å². The Morgan fingerprint density at radius 2 is 1.45 bits per heavy atom. The maximum Gasteiger partial charge on any atom is 0.411 e. The van der Waals surface area contributed by atoms with Crippen molar-refractivity contribution in [1.82, 2.24) is 4.90 Å². The molecule has 1 aliphatic rings. The van der Waals surface area contributed by atoms with Crippen LogP contribution in [0.5, 0.6) is 0 Å². The minimum atomic E-state index is -2.92. The highest BCUT2D eigenvalue weighted by atomic mass is 28.4. The molecule has 6 nitrogen and oxygen atoms in total. The molecule has 0 unspecified atom stereocenters. The number of carbonyl (C=O) groups excluding carboxylic acids is 1. The molecule has 0 bridgehead atoms. The molecule has 1 aliphatic heterocycles. The van der Waals surface area contributed by atoms with Crippen molar-refractivity contribution < 1.29 is 23.9 Å². The molecule has 0 fully saturated rings. The lowest BCUT2D eigenvalue weighted by atomic mass is 10.2. The van der Waals surface area contributed by atoms with Crippen molar-refractivity contribution in [3.63, 3.8) is 0 Å². The number of aliphatic carboxylic acids is 1. The van der Waals surface area contributed by atoms with Crippen molar-refractivity contribution in [2.45, 2.75) is 31.9 Å². The summed E-state index contributed by atoms with van der Waals surface area (Å²) in [6, 6.07) is 19.9. The van der Waals surface area contributed by atoms with E-state index in [9.17, 15) is 14.7 Å². The van der Waals surface area contributed by atoms with Gasteiger partial charge in [0.15, 0.2) is 0 Å². The molecule has 0 radical (unpaired) electrons. The van der Waals surface area contributed by atoms with Crippen molar-refractivity contribution in [2.24, 2.45) is 0 Å². The number of carbonyl (C=O) groups is 2. The zero-order chi connectivity index (χ0) is 22.5. The fourth-order valence-electron chi connectivity index (χ4n) is 3.94. The van der Waals surface area contributed by atoms with Gasteiger partial charge in [-0.3, -0.25) is 0 Å². The fourth-order valence-corrected chi connectivity index (χ4v) is 8.50. The van der Waals surface area contributed by atoms with Gasteiger partial charge in [0.25, 0.3) is 8.32 Å².